The number of carbonyl (C=O) groups is 1. The van der Waals surface area contributed by atoms with Crippen molar-refractivity contribution >= 4 is 11.6 Å². The Kier molecular flexibility index (Phi) is 4.66. The van der Waals surface area contributed by atoms with Crippen molar-refractivity contribution in [2.45, 2.75) is 46.0 Å². The van der Waals surface area contributed by atoms with Crippen LogP contribution in [-0.4, -0.2) is 17.5 Å². The van der Waals surface area contributed by atoms with E-state index in [-0.39, 0.29) is 11.3 Å². The molecule has 0 saturated heterocycles. The summed E-state index contributed by atoms with van der Waals surface area (Å²) in [4.78, 5) is 15.9. The molecule has 1 aromatic heterocycles. The van der Waals surface area contributed by atoms with Crippen molar-refractivity contribution in [1.29, 1.82) is 0 Å². The largest absolute Gasteiger partial charge is 0.492 e. The van der Waals surface area contributed by atoms with Gasteiger partial charge in [-0.25, -0.2) is 4.98 Å². The van der Waals surface area contributed by atoms with Crippen molar-refractivity contribution in [2.24, 2.45) is 0 Å². The van der Waals surface area contributed by atoms with E-state index in [2.05, 4.69) is 24.1 Å². The highest BCUT2D eigenvalue weighted by Gasteiger charge is 2.36. The molecule has 1 aliphatic rings. The van der Waals surface area contributed by atoms with Crippen molar-refractivity contribution in [3.8, 4) is 17.4 Å². The number of hydrogen-bond donors (Lipinski definition) is 1. The zero-order valence-corrected chi connectivity index (χ0v) is 15.2. The predicted octanol–water partition coefficient (Wildman–Crippen LogP) is 4.59. The molecule has 2 heterocycles. The topological polar surface area (TPSA) is 60.5 Å². The lowest BCUT2D eigenvalue weighted by molar-refractivity contribution is -0.116. The first kappa shape index (κ1) is 17.3. The Hall–Kier alpha value is -2.56. The Morgan fingerprint density at radius 3 is 2.80 bits per heavy atom. The first-order chi connectivity index (χ1) is 11.9. The second kappa shape index (κ2) is 6.75. The van der Waals surface area contributed by atoms with Gasteiger partial charge < -0.3 is 14.8 Å². The zero-order valence-electron chi connectivity index (χ0n) is 15.2. The van der Waals surface area contributed by atoms with Crippen molar-refractivity contribution in [2.75, 3.05) is 11.9 Å². The number of rotatable bonds is 5. The number of nitrogens with one attached hydrogen (secondary N) is 1. The van der Waals surface area contributed by atoms with Gasteiger partial charge in [-0.15, -0.1) is 0 Å². The average Bonchev–Trinajstić information content (AvgIpc) is 2.89. The van der Waals surface area contributed by atoms with Gasteiger partial charge in [-0.1, -0.05) is 26.8 Å². The fourth-order valence-corrected chi connectivity index (χ4v) is 2.98. The summed E-state index contributed by atoms with van der Waals surface area (Å²) in [5.74, 6) is 2.15. The fourth-order valence-electron chi connectivity index (χ4n) is 2.98. The van der Waals surface area contributed by atoms with Gasteiger partial charge in [-0.2, -0.15) is 0 Å². The quantitative estimate of drug-likeness (QED) is 0.865. The molecule has 0 spiro atoms. The number of carbonyl (C=O) groups excluding carboxylic acids is 1. The molecule has 1 aliphatic heterocycles. The lowest BCUT2D eigenvalue weighted by Crippen LogP contribution is -2.19. The van der Waals surface area contributed by atoms with Crippen LogP contribution in [0, 0.1) is 6.92 Å². The van der Waals surface area contributed by atoms with Crippen molar-refractivity contribution in [3.63, 3.8) is 0 Å². The molecule has 0 fully saturated rings. The summed E-state index contributed by atoms with van der Waals surface area (Å²) < 4.78 is 11.9. The SMILES string of the molecule is CCCC(=O)Nc1ccc(Oc2ccc(C)c3c2C(C)(C)CO3)nc1. The Morgan fingerprint density at radius 1 is 1.32 bits per heavy atom. The molecule has 2 aromatic rings. The molecule has 1 aromatic carbocycles. The molecule has 132 valence electrons. The normalized spacial score (nSPS) is 14.6. The predicted molar refractivity (Wildman–Crippen MR) is 97.5 cm³/mol. The van der Waals surface area contributed by atoms with Crippen LogP contribution in [0.5, 0.6) is 17.4 Å². The van der Waals surface area contributed by atoms with Crippen LogP contribution in [0.3, 0.4) is 0 Å². The lowest BCUT2D eigenvalue weighted by Gasteiger charge is -2.19. The van der Waals surface area contributed by atoms with Gasteiger partial charge in [0.1, 0.15) is 11.5 Å². The smallest absolute Gasteiger partial charge is 0.224 e. The van der Waals surface area contributed by atoms with Crippen LogP contribution >= 0.6 is 0 Å². The van der Waals surface area contributed by atoms with Gasteiger partial charge in [0.2, 0.25) is 11.8 Å². The van der Waals surface area contributed by atoms with E-state index in [9.17, 15) is 4.79 Å². The summed E-state index contributed by atoms with van der Waals surface area (Å²) >= 11 is 0. The van der Waals surface area contributed by atoms with Gasteiger partial charge in [0, 0.05) is 23.5 Å². The minimum Gasteiger partial charge on any atom is -0.492 e. The maximum Gasteiger partial charge on any atom is 0.224 e. The Balaban J connectivity index is 1.80. The average molecular weight is 340 g/mol. The number of nitrogens with zero attached hydrogens (tertiary/aromatic N) is 1. The van der Waals surface area contributed by atoms with E-state index in [0.717, 1.165) is 29.0 Å². The fraction of sp³-hybridized carbons (Fsp3) is 0.400. The van der Waals surface area contributed by atoms with E-state index in [4.69, 9.17) is 9.47 Å². The summed E-state index contributed by atoms with van der Waals surface area (Å²) in [5.41, 5.74) is 2.75. The van der Waals surface area contributed by atoms with Crippen molar-refractivity contribution in [1.82, 2.24) is 4.98 Å². The van der Waals surface area contributed by atoms with Gasteiger partial charge in [-0.3, -0.25) is 4.79 Å². The maximum absolute atomic E-state index is 11.6. The number of aryl methyl sites for hydroxylation is 1. The van der Waals surface area contributed by atoms with Crippen LogP contribution in [0.1, 0.15) is 44.7 Å². The van der Waals surface area contributed by atoms with E-state index >= 15 is 0 Å². The third-order valence-corrected chi connectivity index (χ3v) is 4.28. The highest BCUT2D eigenvalue weighted by Crippen LogP contribution is 2.46. The maximum atomic E-state index is 11.6. The summed E-state index contributed by atoms with van der Waals surface area (Å²) in [6, 6.07) is 7.51. The van der Waals surface area contributed by atoms with E-state index in [1.165, 1.54) is 0 Å². The van der Waals surface area contributed by atoms with E-state index < -0.39 is 0 Å². The first-order valence-electron chi connectivity index (χ1n) is 8.61. The van der Waals surface area contributed by atoms with Crippen molar-refractivity contribution in [3.05, 3.63) is 41.6 Å². The number of ether oxygens (including phenoxy) is 2. The summed E-state index contributed by atoms with van der Waals surface area (Å²) in [6.45, 7) is 8.94. The number of hydrogen-bond acceptors (Lipinski definition) is 4. The molecule has 0 unspecified atom stereocenters. The molecular weight excluding hydrogens is 316 g/mol. The number of fused-ring (bicyclic) bond motifs is 1. The Bertz CT molecular complexity index is 782. The molecule has 1 N–H and O–H groups in total. The Labute approximate surface area is 148 Å². The second-order valence-corrected chi connectivity index (χ2v) is 7.04. The lowest BCUT2D eigenvalue weighted by atomic mass is 9.85. The minimum atomic E-state index is -0.106. The van der Waals surface area contributed by atoms with Crippen LogP contribution in [0.4, 0.5) is 5.69 Å². The number of benzene rings is 1. The molecule has 0 saturated carbocycles. The van der Waals surface area contributed by atoms with Gasteiger partial charge in [0.15, 0.2) is 0 Å². The van der Waals surface area contributed by atoms with E-state index in [1.54, 1.807) is 18.3 Å². The molecular formula is C20H24N2O3. The molecule has 3 rings (SSSR count). The van der Waals surface area contributed by atoms with Gasteiger partial charge >= 0.3 is 0 Å². The third-order valence-electron chi connectivity index (χ3n) is 4.28. The molecule has 5 nitrogen and oxygen atoms in total. The van der Waals surface area contributed by atoms with Crippen LogP contribution in [0.2, 0.25) is 0 Å². The molecule has 0 atom stereocenters. The third kappa shape index (κ3) is 3.60. The number of aromatic nitrogens is 1. The van der Waals surface area contributed by atoms with E-state index in [1.807, 2.05) is 26.0 Å². The van der Waals surface area contributed by atoms with Crippen LogP contribution < -0.4 is 14.8 Å². The Morgan fingerprint density at radius 2 is 2.12 bits per heavy atom. The van der Waals surface area contributed by atoms with Gasteiger partial charge in [0.25, 0.3) is 0 Å². The molecule has 5 heteroatoms. The highest BCUT2D eigenvalue weighted by molar-refractivity contribution is 5.90. The van der Waals surface area contributed by atoms with Crippen LogP contribution in [-0.2, 0) is 10.2 Å². The molecule has 0 bridgehead atoms. The highest BCUT2D eigenvalue weighted by atomic mass is 16.5. The van der Waals surface area contributed by atoms with Crippen LogP contribution in [0.25, 0.3) is 0 Å². The summed E-state index contributed by atoms with van der Waals surface area (Å²) in [5, 5.41) is 2.82. The molecule has 0 aliphatic carbocycles. The monoisotopic (exact) mass is 340 g/mol. The number of amides is 1. The standard InChI is InChI=1S/C20H24N2O3/c1-5-6-16(23)22-14-8-10-17(21-11-14)25-15-9-7-13(2)19-18(15)20(3,4)12-24-19/h7-11H,5-6,12H2,1-4H3,(H,22,23). The van der Waals surface area contributed by atoms with Gasteiger partial charge in [0.05, 0.1) is 18.5 Å². The number of pyridine rings is 1. The summed E-state index contributed by atoms with van der Waals surface area (Å²) in [7, 11) is 0. The minimum absolute atomic E-state index is 0.00628. The molecule has 0 radical (unpaired) electrons. The molecule has 25 heavy (non-hydrogen) atoms. The summed E-state index contributed by atoms with van der Waals surface area (Å²) in [6.07, 6.45) is 2.93. The second-order valence-electron chi connectivity index (χ2n) is 7.04. The number of anilines is 1. The first-order valence-corrected chi connectivity index (χ1v) is 8.61. The zero-order chi connectivity index (χ0) is 18.0. The van der Waals surface area contributed by atoms with Crippen LogP contribution in [0.15, 0.2) is 30.5 Å². The van der Waals surface area contributed by atoms with Crippen molar-refractivity contribution < 1.29 is 14.3 Å². The molecule has 1 amide bonds. The van der Waals surface area contributed by atoms with Gasteiger partial charge in [-0.05, 0) is 31.0 Å². The van der Waals surface area contributed by atoms with E-state index in [0.29, 0.717) is 24.6 Å².